The van der Waals surface area contributed by atoms with E-state index in [-0.39, 0.29) is 12.6 Å². The third kappa shape index (κ3) is 4.43. The quantitative estimate of drug-likeness (QED) is 0.625. The smallest absolute Gasteiger partial charge is 0.124 e. The first-order valence-electron chi connectivity index (χ1n) is 9.24. The number of hydrogen-bond acceptors (Lipinski definition) is 3. The fraction of sp³-hybridized carbons (Fsp3) is 0.304. The van der Waals surface area contributed by atoms with Crippen molar-refractivity contribution in [3.8, 4) is 5.75 Å². The number of nitrogens with one attached hydrogen (secondary N) is 1. The number of aliphatic hydroxyl groups excluding tert-OH is 1. The van der Waals surface area contributed by atoms with Gasteiger partial charge in [0.15, 0.2) is 0 Å². The maximum atomic E-state index is 9.47. The van der Waals surface area contributed by atoms with Crippen LogP contribution in [0.2, 0.25) is 0 Å². The second kappa shape index (κ2) is 8.84. The summed E-state index contributed by atoms with van der Waals surface area (Å²) in [6, 6.07) is 21.0. The topological polar surface area (TPSA) is 41.5 Å². The second-order valence-electron chi connectivity index (χ2n) is 6.71. The van der Waals surface area contributed by atoms with E-state index in [9.17, 15) is 5.11 Å². The third-order valence-electron chi connectivity index (χ3n) is 4.76. The normalized spacial score (nSPS) is 12.3. The average molecular weight is 349 g/mol. The molecule has 0 saturated carbocycles. The number of benzene rings is 3. The van der Waals surface area contributed by atoms with Crippen LogP contribution in [-0.4, -0.2) is 17.8 Å². The molecule has 1 atom stereocenters. The highest BCUT2D eigenvalue weighted by atomic mass is 16.5. The number of aryl methyl sites for hydroxylation is 1. The largest absolute Gasteiger partial charge is 0.489 e. The highest BCUT2D eigenvalue weighted by Crippen LogP contribution is 2.29. The van der Waals surface area contributed by atoms with Crippen molar-refractivity contribution in [3.05, 3.63) is 77.4 Å². The summed E-state index contributed by atoms with van der Waals surface area (Å²) in [5.41, 5.74) is 3.54. The van der Waals surface area contributed by atoms with E-state index < -0.39 is 0 Å². The molecule has 1 unspecified atom stereocenters. The number of aliphatic hydroxyl groups is 1. The lowest BCUT2D eigenvalue weighted by molar-refractivity contribution is 0.237. The molecule has 0 saturated heterocycles. The van der Waals surface area contributed by atoms with Gasteiger partial charge in [-0.05, 0) is 35.7 Å². The van der Waals surface area contributed by atoms with Gasteiger partial charge in [-0.2, -0.15) is 0 Å². The summed E-state index contributed by atoms with van der Waals surface area (Å²) in [7, 11) is 0. The minimum absolute atomic E-state index is 0.0959. The fourth-order valence-electron chi connectivity index (χ4n) is 3.18. The Balaban J connectivity index is 1.86. The van der Waals surface area contributed by atoms with E-state index in [0.29, 0.717) is 13.2 Å². The first kappa shape index (κ1) is 18.4. The molecule has 3 aromatic rings. The predicted octanol–water partition coefficient (Wildman–Crippen LogP) is 4.59. The van der Waals surface area contributed by atoms with Gasteiger partial charge >= 0.3 is 0 Å². The van der Waals surface area contributed by atoms with E-state index in [1.807, 2.05) is 0 Å². The molecule has 0 fully saturated rings. The summed E-state index contributed by atoms with van der Waals surface area (Å²) in [6.07, 6.45) is 0.890. The molecule has 26 heavy (non-hydrogen) atoms. The van der Waals surface area contributed by atoms with E-state index in [4.69, 9.17) is 4.74 Å². The molecule has 2 N–H and O–H groups in total. The zero-order valence-electron chi connectivity index (χ0n) is 15.5. The Labute approximate surface area is 155 Å². The Hall–Kier alpha value is -2.36. The van der Waals surface area contributed by atoms with Gasteiger partial charge in [-0.1, -0.05) is 67.1 Å². The zero-order valence-corrected chi connectivity index (χ0v) is 15.5. The van der Waals surface area contributed by atoms with Gasteiger partial charge in [-0.3, -0.25) is 0 Å². The minimum atomic E-state index is 0.0959. The highest BCUT2D eigenvalue weighted by Gasteiger charge is 2.11. The minimum Gasteiger partial charge on any atom is -0.489 e. The zero-order chi connectivity index (χ0) is 18.4. The van der Waals surface area contributed by atoms with Crippen LogP contribution in [-0.2, 0) is 13.2 Å². The predicted molar refractivity (Wildman–Crippen MR) is 107 cm³/mol. The molecule has 3 heteroatoms. The Morgan fingerprint density at radius 3 is 2.65 bits per heavy atom. The molecule has 0 aliphatic rings. The molecule has 0 aliphatic carbocycles. The first-order chi connectivity index (χ1) is 12.7. The fourth-order valence-corrected chi connectivity index (χ4v) is 3.18. The molecule has 0 heterocycles. The molecular formula is C23H27NO2. The van der Waals surface area contributed by atoms with Crippen molar-refractivity contribution >= 4 is 10.8 Å². The number of hydrogen-bond donors (Lipinski definition) is 2. The van der Waals surface area contributed by atoms with E-state index in [1.165, 1.54) is 21.9 Å². The van der Waals surface area contributed by atoms with Crippen molar-refractivity contribution in [2.24, 2.45) is 0 Å². The van der Waals surface area contributed by atoms with Crippen LogP contribution in [0.25, 0.3) is 10.8 Å². The molecule has 0 amide bonds. The monoisotopic (exact) mass is 349 g/mol. The highest BCUT2D eigenvalue weighted by molar-refractivity contribution is 5.87. The lowest BCUT2D eigenvalue weighted by Gasteiger charge is -2.18. The van der Waals surface area contributed by atoms with E-state index >= 15 is 0 Å². The Bertz CT molecular complexity index is 856. The Morgan fingerprint density at radius 1 is 1.04 bits per heavy atom. The van der Waals surface area contributed by atoms with E-state index in [1.54, 1.807) is 0 Å². The van der Waals surface area contributed by atoms with Crippen molar-refractivity contribution in [2.45, 2.75) is 39.5 Å². The molecule has 0 aliphatic heterocycles. The van der Waals surface area contributed by atoms with Gasteiger partial charge in [0.1, 0.15) is 12.4 Å². The van der Waals surface area contributed by atoms with Crippen LogP contribution >= 0.6 is 0 Å². The Kier molecular flexibility index (Phi) is 6.26. The van der Waals surface area contributed by atoms with Crippen molar-refractivity contribution in [1.29, 1.82) is 0 Å². The maximum absolute atomic E-state index is 9.47. The number of ether oxygens (including phenoxy) is 1. The summed E-state index contributed by atoms with van der Waals surface area (Å²) in [4.78, 5) is 0. The molecule has 0 spiro atoms. The standard InChI is InChI=1S/C23H27NO2/c1-3-20(15-25)24-14-22-21-10-5-4-9-19(21)11-12-23(22)26-16-18-8-6-7-17(2)13-18/h4-13,20,24-25H,3,14-16H2,1-2H3. The molecule has 3 aromatic carbocycles. The summed E-state index contributed by atoms with van der Waals surface area (Å²) in [5.74, 6) is 0.894. The van der Waals surface area contributed by atoms with Crippen LogP contribution in [0.1, 0.15) is 30.0 Å². The number of rotatable bonds is 8. The van der Waals surface area contributed by atoms with E-state index in [2.05, 4.69) is 79.8 Å². The number of fused-ring (bicyclic) bond motifs is 1. The van der Waals surface area contributed by atoms with Crippen molar-refractivity contribution < 1.29 is 9.84 Å². The molecule has 0 radical (unpaired) electrons. The van der Waals surface area contributed by atoms with Crippen LogP contribution in [0.3, 0.4) is 0 Å². The van der Waals surface area contributed by atoms with Crippen molar-refractivity contribution in [3.63, 3.8) is 0 Å². The molecule has 136 valence electrons. The van der Waals surface area contributed by atoms with Crippen LogP contribution < -0.4 is 10.1 Å². The maximum Gasteiger partial charge on any atom is 0.124 e. The molecule has 0 bridgehead atoms. The van der Waals surface area contributed by atoms with Crippen LogP contribution in [0.5, 0.6) is 5.75 Å². The summed E-state index contributed by atoms with van der Waals surface area (Å²) < 4.78 is 6.18. The second-order valence-corrected chi connectivity index (χ2v) is 6.71. The Morgan fingerprint density at radius 2 is 1.88 bits per heavy atom. The van der Waals surface area contributed by atoms with Gasteiger partial charge in [0.25, 0.3) is 0 Å². The van der Waals surface area contributed by atoms with Crippen LogP contribution in [0.15, 0.2) is 60.7 Å². The van der Waals surface area contributed by atoms with Crippen LogP contribution in [0.4, 0.5) is 0 Å². The summed E-state index contributed by atoms with van der Waals surface area (Å²) in [6.45, 7) is 5.52. The lowest BCUT2D eigenvalue weighted by atomic mass is 10.0. The van der Waals surface area contributed by atoms with E-state index in [0.717, 1.165) is 17.7 Å². The molecule has 3 rings (SSSR count). The first-order valence-corrected chi connectivity index (χ1v) is 9.24. The summed E-state index contributed by atoms with van der Waals surface area (Å²) in [5, 5.41) is 15.3. The van der Waals surface area contributed by atoms with Gasteiger partial charge in [-0.15, -0.1) is 0 Å². The molecule has 0 aromatic heterocycles. The van der Waals surface area contributed by atoms with Gasteiger partial charge in [0, 0.05) is 18.2 Å². The van der Waals surface area contributed by atoms with Gasteiger partial charge < -0.3 is 15.2 Å². The molecular weight excluding hydrogens is 322 g/mol. The van der Waals surface area contributed by atoms with Gasteiger partial charge in [-0.25, -0.2) is 0 Å². The van der Waals surface area contributed by atoms with Crippen molar-refractivity contribution in [1.82, 2.24) is 5.32 Å². The SMILES string of the molecule is CCC(CO)NCc1c(OCc2cccc(C)c2)ccc2ccccc12. The summed E-state index contributed by atoms with van der Waals surface area (Å²) >= 11 is 0. The van der Waals surface area contributed by atoms with Gasteiger partial charge in [0.05, 0.1) is 6.61 Å². The third-order valence-corrected chi connectivity index (χ3v) is 4.76. The van der Waals surface area contributed by atoms with Crippen LogP contribution in [0, 0.1) is 6.92 Å². The van der Waals surface area contributed by atoms with Crippen molar-refractivity contribution in [2.75, 3.05) is 6.61 Å². The lowest BCUT2D eigenvalue weighted by Crippen LogP contribution is -2.31. The average Bonchev–Trinajstić information content (AvgIpc) is 2.67. The molecule has 3 nitrogen and oxygen atoms in total. The van der Waals surface area contributed by atoms with Gasteiger partial charge in [0.2, 0.25) is 0 Å².